The third-order valence-electron chi connectivity index (χ3n) is 6.23. The van der Waals surface area contributed by atoms with Gasteiger partial charge in [0.2, 0.25) is 5.89 Å². The smallest absolute Gasteiger partial charge is 0.266 e. The van der Waals surface area contributed by atoms with Gasteiger partial charge in [-0.25, -0.2) is 9.97 Å². The van der Waals surface area contributed by atoms with Crippen LogP contribution in [0, 0.1) is 6.92 Å². The average Bonchev–Trinajstić information content (AvgIpc) is 3.31. The molecule has 194 valence electrons. The number of aryl methyl sites for hydroxylation is 1. The number of nitrogens with zero attached hydrogens (tertiary/aromatic N) is 4. The predicted octanol–water partition coefficient (Wildman–Crippen LogP) is 5.72. The topological polar surface area (TPSA) is 82.6 Å². The number of hydrogen-bond acceptors (Lipinski definition) is 8. The van der Waals surface area contributed by atoms with Crippen LogP contribution in [0.2, 0.25) is 0 Å². The molecule has 38 heavy (non-hydrogen) atoms. The lowest BCUT2D eigenvalue weighted by atomic mass is 10.2. The maximum Gasteiger partial charge on any atom is 0.266 e. The minimum Gasteiger partial charge on any atom is -0.493 e. The fourth-order valence-electron chi connectivity index (χ4n) is 4.20. The number of benzene rings is 3. The van der Waals surface area contributed by atoms with E-state index in [4.69, 9.17) is 23.9 Å². The quantitative estimate of drug-likeness (QED) is 0.187. The van der Waals surface area contributed by atoms with Gasteiger partial charge in [-0.2, -0.15) is 0 Å². The fourth-order valence-corrected chi connectivity index (χ4v) is 5.22. The van der Waals surface area contributed by atoms with E-state index in [0.29, 0.717) is 50.5 Å². The van der Waals surface area contributed by atoms with Crippen molar-refractivity contribution in [3.8, 4) is 28.6 Å². The van der Waals surface area contributed by atoms with E-state index in [0.717, 1.165) is 17.1 Å². The van der Waals surface area contributed by atoms with Crippen LogP contribution in [-0.2, 0) is 5.75 Å². The molecule has 5 aromatic rings. The molecule has 0 amide bonds. The van der Waals surface area contributed by atoms with Gasteiger partial charge >= 0.3 is 0 Å². The Balaban J connectivity index is 1.53. The van der Waals surface area contributed by atoms with Gasteiger partial charge in [0.05, 0.1) is 42.1 Å². The van der Waals surface area contributed by atoms with Crippen LogP contribution in [0.3, 0.4) is 0 Å². The molecule has 0 saturated carbocycles. The van der Waals surface area contributed by atoms with Crippen LogP contribution in [0.4, 0.5) is 5.69 Å². The van der Waals surface area contributed by atoms with E-state index in [-0.39, 0.29) is 5.56 Å². The molecule has 3 aromatic carbocycles. The summed E-state index contributed by atoms with van der Waals surface area (Å²) in [5.74, 6) is 2.74. The normalized spacial score (nSPS) is 11.1. The molecule has 9 heteroatoms. The standard InChI is InChI=1S/C29H28N4O4S/c1-18-24(30-27(37-18)22-10-8-12-25(35-4)26(22)36-5)17-38-29-31-23-11-7-6-9-21(23)28(34)33(29)20-15-13-19(14-16-20)32(2)3/h6-16H,17H2,1-5H3. The second-order valence-electron chi connectivity index (χ2n) is 8.81. The first-order chi connectivity index (χ1) is 18.4. The maximum atomic E-state index is 13.6. The molecule has 0 aliphatic carbocycles. The van der Waals surface area contributed by atoms with Gasteiger partial charge in [-0.15, -0.1) is 0 Å². The molecule has 0 radical (unpaired) electrons. The highest BCUT2D eigenvalue weighted by molar-refractivity contribution is 7.98. The van der Waals surface area contributed by atoms with Crippen molar-refractivity contribution in [1.29, 1.82) is 0 Å². The summed E-state index contributed by atoms with van der Waals surface area (Å²) in [6.45, 7) is 1.87. The summed E-state index contributed by atoms with van der Waals surface area (Å²) in [5.41, 5.74) is 3.79. The lowest BCUT2D eigenvalue weighted by molar-refractivity contribution is 0.355. The molecule has 0 spiro atoms. The van der Waals surface area contributed by atoms with Gasteiger partial charge < -0.3 is 18.8 Å². The third-order valence-corrected chi connectivity index (χ3v) is 7.18. The van der Waals surface area contributed by atoms with Crippen LogP contribution in [-0.4, -0.2) is 42.8 Å². The number of ether oxygens (including phenoxy) is 2. The summed E-state index contributed by atoms with van der Waals surface area (Å²) in [4.78, 5) is 25.2. The number of rotatable bonds is 8. The Hall–Kier alpha value is -4.24. The molecule has 0 aliphatic rings. The van der Waals surface area contributed by atoms with E-state index in [1.54, 1.807) is 24.9 Å². The lowest BCUT2D eigenvalue weighted by Crippen LogP contribution is -2.22. The van der Waals surface area contributed by atoms with Crippen molar-refractivity contribution < 1.29 is 13.9 Å². The number of oxazole rings is 1. The zero-order valence-electron chi connectivity index (χ0n) is 21.9. The van der Waals surface area contributed by atoms with Gasteiger partial charge in [-0.3, -0.25) is 9.36 Å². The Kier molecular flexibility index (Phi) is 7.11. The zero-order chi connectivity index (χ0) is 26.8. The molecule has 5 rings (SSSR count). The van der Waals surface area contributed by atoms with Crippen LogP contribution < -0.4 is 19.9 Å². The van der Waals surface area contributed by atoms with Crippen molar-refractivity contribution >= 4 is 28.4 Å². The molecule has 0 unspecified atom stereocenters. The fraction of sp³-hybridized carbons (Fsp3) is 0.207. The summed E-state index contributed by atoms with van der Waals surface area (Å²) < 4.78 is 18.7. The average molecular weight is 529 g/mol. The molecular formula is C29H28N4O4S. The van der Waals surface area contributed by atoms with E-state index in [2.05, 4.69) is 0 Å². The van der Waals surface area contributed by atoms with Crippen LogP contribution in [0.1, 0.15) is 11.5 Å². The van der Waals surface area contributed by atoms with Crippen molar-refractivity contribution in [2.75, 3.05) is 33.2 Å². The van der Waals surface area contributed by atoms with Crippen LogP contribution >= 0.6 is 11.8 Å². The molecular weight excluding hydrogens is 500 g/mol. The number of fused-ring (bicyclic) bond motifs is 1. The molecule has 0 saturated heterocycles. The van der Waals surface area contributed by atoms with Crippen molar-refractivity contribution in [1.82, 2.24) is 14.5 Å². The lowest BCUT2D eigenvalue weighted by Gasteiger charge is -2.16. The predicted molar refractivity (Wildman–Crippen MR) is 151 cm³/mol. The van der Waals surface area contributed by atoms with E-state index < -0.39 is 0 Å². The number of para-hydroxylation sites is 2. The minimum absolute atomic E-state index is 0.116. The highest BCUT2D eigenvalue weighted by Crippen LogP contribution is 2.38. The van der Waals surface area contributed by atoms with E-state index in [1.807, 2.05) is 86.6 Å². The first kappa shape index (κ1) is 25.4. The van der Waals surface area contributed by atoms with Gasteiger partial charge in [-0.05, 0) is 55.5 Å². The monoisotopic (exact) mass is 528 g/mol. The Labute approximate surface area is 224 Å². The summed E-state index contributed by atoms with van der Waals surface area (Å²) in [6.07, 6.45) is 0. The van der Waals surface area contributed by atoms with E-state index in [1.165, 1.54) is 11.8 Å². The van der Waals surface area contributed by atoms with Gasteiger partial charge in [-0.1, -0.05) is 30.0 Å². The number of anilines is 1. The van der Waals surface area contributed by atoms with Gasteiger partial charge in [0.15, 0.2) is 16.7 Å². The van der Waals surface area contributed by atoms with Crippen molar-refractivity contribution in [3.63, 3.8) is 0 Å². The summed E-state index contributed by atoms with van der Waals surface area (Å²) in [5, 5.41) is 1.15. The molecule has 2 aromatic heterocycles. The number of methoxy groups -OCH3 is 2. The molecule has 0 fully saturated rings. The Morgan fingerprint density at radius 1 is 0.947 bits per heavy atom. The highest BCUT2D eigenvalue weighted by atomic mass is 32.2. The Bertz CT molecular complexity index is 1660. The van der Waals surface area contributed by atoms with Crippen LogP contribution in [0.25, 0.3) is 28.0 Å². The van der Waals surface area contributed by atoms with E-state index >= 15 is 0 Å². The zero-order valence-corrected chi connectivity index (χ0v) is 22.7. The maximum absolute atomic E-state index is 13.6. The Morgan fingerprint density at radius 2 is 1.71 bits per heavy atom. The van der Waals surface area contributed by atoms with Crippen molar-refractivity contribution in [3.05, 3.63) is 88.5 Å². The molecule has 2 heterocycles. The SMILES string of the molecule is COc1cccc(-c2nc(CSc3nc4ccccc4c(=O)n3-c3ccc(N(C)C)cc3)c(C)o2)c1OC. The van der Waals surface area contributed by atoms with Gasteiger partial charge in [0, 0.05) is 25.5 Å². The van der Waals surface area contributed by atoms with Crippen molar-refractivity contribution in [2.24, 2.45) is 0 Å². The summed E-state index contributed by atoms with van der Waals surface area (Å²) in [6, 6.07) is 20.8. The summed E-state index contributed by atoms with van der Waals surface area (Å²) in [7, 11) is 7.14. The van der Waals surface area contributed by atoms with Gasteiger partial charge in [0.25, 0.3) is 5.56 Å². The molecule has 0 atom stereocenters. The van der Waals surface area contributed by atoms with Crippen LogP contribution in [0.5, 0.6) is 11.5 Å². The third kappa shape index (κ3) is 4.72. The second kappa shape index (κ2) is 10.6. The van der Waals surface area contributed by atoms with E-state index in [9.17, 15) is 4.79 Å². The van der Waals surface area contributed by atoms with Crippen molar-refractivity contribution in [2.45, 2.75) is 17.8 Å². The molecule has 0 aliphatic heterocycles. The van der Waals surface area contributed by atoms with Gasteiger partial charge in [0.1, 0.15) is 5.76 Å². The minimum atomic E-state index is -0.116. The number of thioether (sulfide) groups is 1. The first-order valence-corrected chi connectivity index (χ1v) is 13.0. The Morgan fingerprint density at radius 3 is 2.42 bits per heavy atom. The highest BCUT2D eigenvalue weighted by Gasteiger charge is 2.20. The first-order valence-electron chi connectivity index (χ1n) is 12.0. The second-order valence-corrected chi connectivity index (χ2v) is 9.76. The molecule has 8 nitrogen and oxygen atoms in total. The van der Waals surface area contributed by atoms with Crippen LogP contribution in [0.15, 0.2) is 81.1 Å². The molecule has 0 bridgehead atoms. The number of hydrogen-bond donors (Lipinski definition) is 0. The molecule has 0 N–H and O–H groups in total. The number of aromatic nitrogens is 3. The summed E-state index contributed by atoms with van der Waals surface area (Å²) >= 11 is 1.44. The largest absolute Gasteiger partial charge is 0.493 e.